The van der Waals surface area contributed by atoms with Crippen LogP contribution >= 0.6 is 23.5 Å². The largest absolute Gasteiger partial charge is 0.480 e. The van der Waals surface area contributed by atoms with E-state index in [1.807, 2.05) is 42.5 Å². The van der Waals surface area contributed by atoms with Gasteiger partial charge in [-0.1, -0.05) is 77.0 Å². The van der Waals surface area contributed by atoms with Crippen LogP contribution in [0.2, 0.25) is 0 Å². The van der Waals surface area contributed by atoms with Crippen molar-refractivity contribution in [3.05, 3.63) is 95.1 Å². The maximum absolute atomic E-state index is 13.0. The first-order chi connectivity index (χ1) is 17.8. The number of aliphatic carboxylic acids is 1. The number of benzene rings is 2. The SMILES string of the molecule is CC(C)=CCC/C(C)=C/CC/C(C)=C/CSC[C@H](NC(=O)c1ccccc1Sc1ccccc1)C(=O)O. The van der Waals surface area contributed by atoms with Crippen molar-refractivity contribution in [2.24, 2.45) is 0 Å². The lowest BCUT2D eigenvalue weighted by Crippen LogP contribution is -2.42. The second-order valence-electron chi connectivity index (χ2n) is 9.27. The molecule has 0 heterocycles. The number of carboxylic acid groups (broad SMARTS) is 1. The maximum Gasteiger partial charge on any atom is 0.327 e. The van der Waals surface area contributed by atoms with Gasteiger partial charge in [-0.25, -0.2) is 4.79 Å². The van der Waals surface area contributed by atoms with Gasteiger partial charge in [0.15, 0.2) is 0 Å². The highest BCUT2D eigenvalue weighted by Gasteiger charge is 2.22. The molecular weight excluding hydrogens is 498 g/mol. The van der Waals surface area contributed by atoms with Crippen molar-refractivity contribution in [1.29, 1.82) is 0 Å². The molecule has 0 spiro atoms. The Morgan fingerprint density at radius 1 is 0.865 bits per heavy atom. The quantitative estimate of drug-likeness (QED) is 0.177. The summed E-state index contributed by atoms with van der Waals surface area (Å²) < 4.78 is 0. The molecular formula is C31H39NO3S2. The molecule has 0 fully saturated rings. The number of thioether (sulfide) groups is 1. The zero-order chi connectivity index (χ0) is 27.0. The molecule has 0 aliphatic carbocycles. The van der Waals surface area contributed by atoms with Crippen LogP contribution in [0.1, 0.15) is 63.7 Å². The number of nitrogens with one attached hydrogen (secondary N) is 1. The lowest BCUT2D eigenvalue weighted by atomic mass is 10.1. The molecule has 2 rings (SSSR count). The van der Waals surface area contributed by atoms with Crippen LogP contribution in [-0.2, 0) is 4.79 Å². The van der Waals surface area contributed by atoms with Gasteiger partial charge in [0, 0.05) is 21.3 Å². The third kappa shape index (κ3) is 12.4. The van der Waals surface area contributed by atoms with E-state index in [1.54, 1.807) is 12.1 Å². The van der Waals surface area contributed by atoms with Crippen LogP contribution in [-0.4, -0.2) is 34.5 Å². The molecule has 2 aromatic rings. The first kappa shape index (κ1) is 30.5. The van der Waals surface area contributed by atoms with Gasteiger partial charge in [-0.2, -0.15) is 11.8 Å². The second kappa shape index (κ2) is 16.9. The number of rotatable bonds is 15. The van der Waals surface area contributed by atoms with Crippen molar-refractivity contribution >= 4 is 35.4 Å². The summed E-state index contributed by atoms with van der Waals surface area (Å²) in [6.45, 7) is 8.56. The van der Waals surface area contributed by atoms with E-state index in [-0.39, 0.29) is 5.91 Å². The van der Waals surface area contributed by atoms with Crippen LogP contribution in [0.15, 0.2) is 99.3 Å². The summed E-state index contributed by atoms with van der Waals surface area (Å²) in [7, 11) is 0. The topological polar surface area (TPSA) is 66.4 Å². The van der Waals surface area contributed by atoms with Crippen LogP contribution in [0, 0.1) is 0 Å². The van der Waals surface area contributed by atoms with E-state index in [4.69, 9.17) is 0 Å². The molecule has 2 N–H and O–H groups in total. The van der Waals surface area contributed by atoms with Crippen molar-refractivity contribution < 1.29 is 14.7 Å². The molecule has 0 aliphatic heterocycles. The number of hydrogen-bond donors (Lipinski definition) is 2. The molecule has 0 radical (unpaired) electrons. The number of carbonyl (C=O) groups is 2. The molecule has 0 aromatic heterocycles. The predicted octanol–water partition coefficient (Wildman–Crippen LogP) is 8.17. The molecule has 0 unspecified atom stereocenters. The van der Waals surface area contributed by atoms with E-state index >= 15 is 0 Å². The molecule has 1 atom stereocenters. The fourth-order valence-electron chi connectivity index (χ4n) is 3.50. The van der Waals surface area contributed by atoms with Crippen molar-refractivity contribution in [3.8, 4) is 0 Å². The maximum atomic E-state index is 13.0. The number of hydrogen-bond acceptors (Lipinski definition) is 4. The molecule has 198 valence electrons. The van der Waals surface area contributed by atoms with Gasteiger partial charge < -0.3 is 10.4 Å². The van der Waals surface area contributed by atoms with Crippen molar-refractivity contribution in [1.82, 2.24) is 5.32 Å². The Morgan fingerprint density at radius 3 is 2.16 bits per heavy atom. The number of allylic oxidation sites excluding steroid dienone is 5. The predicted molar refractivity (Wildman–Crippen MR) is 159 cm³/mol. The van der Waals surface area contributed by atoms with Gasteiger partial charge in [0.2, 0.25) is 0 Å². The van der Waals surface area contributed by atoms with E-state index in [1.165, 1.54) is 40.2 Å². The molecule has 0 saturated heterocycles. The lowest BCUT2D eigenvalue weighted by Gasteiger charge is -2.15. The average molecular weight is 538 g/mol. The molecule has 0 saturated carbocycles. The minimum absolute atomic E-state index is 0.308. The normalized spacial score (nSPS) is 12.6. The summed E-state index contributed by atoms with van der Waals surface area (Å²) in [6.07, 6.45) is 10.9. The average Bonchev–Trinajstić information content (AvgIpc) is 2.86. The van der Waals surface area contributed by atoms with Crippen LogP contribution in [0.25, 0.3) is 0 Å². The van der Waals surface area contributed by atoms with Crippen LogP contribution in [0.4, 0.5) is 0 Å². The zero-order valence-corrected chi connectivity index (χ0v) is 24.0. The minimum Gasteiger partial charge on any atom is -0.480 e. The van der Waals surface area contributed by atoms with Gasteiger partial charge in [0.1, 0.15) is 6.04 Å². The van der Waals surface area contributed by atoms with Gasteiger partial charge in [-0.15, -0.1) is 0 Å². The fraction of sp³-hybridized carbons (Fsp3) is 0.355. The molecule has 37 heavy (non-hydrogen) atoms. The molecule has 2 aromatic carbocycles. The molecule has 6 heteroatoms. The minimum atomic E-state index is -1.02. The fourth-order valence-corrected chi connectivity index (χ4v) is 5.46. The molecule has 4 nitrogen and oxygen atoms in total. The van der Waals surface area contributed by atoms with Gasteiger partial charge in [0.25, 0.3) is 5.91 Å². The second-order valence-corrected chi connectivity index (χ2v) is 11.5. The van der Waals surface area contributed by atoms with E-state index < -0.39 is 12.0 Å². The van der Waals surface area contributed by atoms with Crippen molar-refractivity contribution in [3.63, 3.8) is 0 Å². The monoisotopic (exact) mass is 537 g/mol. The van der Waals surface area contributed by atoms with E-state index in [9.17, 15) is 14.7 Å². The summed E-state index contributed by atoms with van der Waals surface area (Å²) in [5, 5.41) is 12.4. The number of amides is 1. The van der Waals surface area contributed by atoms with Gasteiger partial charge in [-0.05, 0) is 77.6 Å². The highest BCUT2D eigenvalue weighted by Crippen LogP contribution is 2.30. The van der Waals surface area contributed by atoms with Crippen LogP contribution in [0.5, 0.6) is 0 Å². The Kier molecular flexibility index (Phi) is 14.0. The van der Waals surface area contributed by atoms with Crippen LogP contribution < -0.4 is 5.32 Å². The standard InChI is InChI=1S/C31H39NO3S2/c1-23(2)12-10-13-24(3)14-11-15-25(4)20-21-36-22-28(31(34)35)32-30(33)27-18-8-9-19-29(27)37-26-16-6-5-7-17-26/h5-9,12,14,16-20,28H,10-11,13,15,21-22H2,1-4H3,(H,32,33)(H,34,35)/b24-14+,25-20+/t28-/m0/s1. The highest BCUT2D eigenvalue weighted by molar-refractivity contribution is 7.99. The van der Waals surface area contributed by atoms with Crippen molar-refractivity contribution in [2.45, 2.75) is 69.2 Å². The third-order valence-electron chi connectivity index (χ3n) is 5.66. The zero-order valence-electron chi connectivity index (χ0n) is 22.3. The smallest absolute Gasteiger partial charge is 0.327 e. The summed E-state index contributed by atoms with van der Waals surface area (Å²) in [5.41, 5.74) is 4.56. The Morgan fingerprint density at radius 2 is 1.49 bits per heavy atom. The number of carboxylic acids is 1. The van der Waals surface area contributed by atoms with Crippen molar-refractivity contribution in [2.75, 3.05) is 11.5 Å². The first-order valence-electron chi connectivity index (χ1n) is 12.6. The Labute approximate surface area is 230 Å². The lowest BCUT2D eigenvalue weighted by molar-refractivity contribution is -0.138. The van der Waals surface area contributed by atoms with Gasteiger partial charge >= 0.3 is 5.97 Å². The Bertz CT molecular complexity index is 1100. The molecule has 1 amide bonds. The van der Waals surface area contributed by atoms with Gasteiger partial charge in [-0.3, -0.25) is 4.79 Å². The summed E-state index contributed by atoms with van der Waals surface area (Å²) in [6, 6.07) is 16.1. The van der Waals surface area contributed by atoms with Crippen LogP contribution in [0.3, 0.4) is 0 Å². The third-order valence-corrected chi connectivity index (χ3v) is 7.72. The van der Waals surface area contributed by atoms with E-state index in [2.05, 4.69) is 51.2 Å². The Balaban J connectivity index is 1.83. The molecule has 0 aliphatic rings. The van der Waals surface area contributed by atoms with E-state index in [0.717, 1.165) is 41.2 Å². The first-order valence-corrected chi connectivity index (χ1v) is 14.6. The summed E-state index contributed by atoms with van der Waals surface area (Å²) in [4.78, 5) is 26.6. The number of carbonyl (C=O) groups excluding carboxylic acids is 1. The highest BCUT2D eigenvalue weighted by atomic mass is 32.2. The van der Waals surface area contributed by atoms with E-state index in [0.29, 0.717) is 11.3 Å². The summed E-state index contributed by atoms with van der Waals surface area (Å²) >= 11 is 3.00. The van der Waals surface area contributed by atoms with Gasteiger partial charge in [0.05, 0.1) is 5.56 Å². The summed E-state index contributed by atoms with van der Waals surface area (Å²) in [5.74, 6) is -0.369. The molecule has 0 bridgehead atoms. The Hall–Kier alpha value is -2.70.